The Morgan fingerprint density at radius 3 is 2.89 bits per heavy atom. The van der Waals surface area contributed by atoms with Gasteiger partial charge in [-0.2, -0.15) is 0 Å². The Bertz CT molecular complexity index is 497. The van der Waals surface area contributed by atoms with Crippen LogP contribution in [0.25, 0.3) is 10.9 Å². The highest BCUT2D eigenvalue weighted by atomic mass is 16.5. The van der Waals surface area contributed by atoms with E-state index >= 15 is 0 Å². The number of aromatic nitrogens is 1. The minimum atomic E-state index is 0.639. The Hall–Kier alpha value is -1.65. The van der Waals surface area contributed by atoms with Crippen molar-refractivity contribution >= 4 is 10.9 Å². The van der Waals surface area contributed by atoms with E-state index in [2.05, 4.69) is 10.3 Å². The molecule has 1 heterocycles. The third-order valence-corrected chi connectivity index (χ3v) is 2.77. The summed E-state index contributed by atoms with van der Waals surface area (Å²) < 4.78 is 11.0. The van der Waals surface area contributed by atoms with E-state index in [0.717, 1.165) is 43.0 Å². The number of fused-ring (bicyclic) bond motifs is 1. The molecule has 2 aromatic rings. The number of nitrogens with one attached hydrogen (secondary N) is 1. The molecular weight excluding hydrogens is 240 g/mol. The van der Waals surface area contributed by atoms with Gasteiger partial charge in [-0.1, -0.05) is 6.07 Å². The molecule has 0 aliphatic heterocycles. The van der Waals surface area contributed by atoms with Gasteiger partial charge >= 0.3 is 0 Å². The van der Waals surface area contributed by atoms with Crippen LogP contribution in [0.4, 0.5) is 0 Å². The molecule has 0 amide bonds. The standard InChI is InChI=1S/C15H20N2O2/c1-2-18-11-9-16-10-12-19-15-7-3-6-14-13(15)5-4-8-17-14/h3-8,16H,2,9-12H2,1H3. The van der Waals surface area contributed by atoms with Crippen LogP contribution in [0.15, 0.2) is 36.5 Å². The van der Waals surface area contributed by atoms with Crippen LogP contribution in [-0.4, -0.2) is 37.9 Å². The highest BCUT2D eigenvalue weighted by Crippen LogP contribution is 2.23. The molecule has 0 saturated heterocycles. The van der Waals surface area contributed by atoms with Crippen LogP contribution in [0.5, 0.6) is 5.75 Å². The maximum atomic E-state index is 5.78. The van der Waals surface area contributed by atoms with Crippen LogP contribution in [0.3, 0.4) is 0 Å². The quantitative estimate of drug-likeness (QED) is 0.739. The number of ether oxygens (including phenoxy) is 2. The number of rotatable bonds is 8. The van der Waals surface area contributed by atoms with Crippen molar-refractivity contribution in [3.63, 3.8) is 0 Å². The summed E-state index contributed by atoms with van der Waals surface area (Å²) >= 11 is 0. The van der Waals surface area contributed by atoms with Crippen molar-refractivity contribution in [1.82, 2.24) is 10.3 Å². The van der Waals surface area contributed by atoms with Gasteiger partial charge < -0.3 is 14.8 Å². The van der Waals surface area contributed by atoms with Gasteiger partial charge in [0.1, 0.15) is 12.4 Å². The lowest BCUT2D eigenvalue weighted by Crippen LogP contribution is -2.25. The SMILES string of the molecule is CCOCCNCCOc1cccc2ncccc12. The summed E-state index contributed by atoms with van der Waals surface area (Å²) in [5.41, 5.74) is 0.962. The summed E-state index contributed by atoms with van der Waals surface area (Å²) in [7, 11) is 0. The smallest absolute Gasteiger partial charge is 0.128 e. The summed E-state index contributed by atoms with van der Waals surface area (Å²) in [5, 5.41) is 4.33. The van der Waals surface area contributed by atoms with Crippen molar-refractivity contribution in [3.8, 4) is 5.75 Å². The zero-order chi connectivity index (χ0) is 13.3. The van der Waals surface area contributed by atoms with E-state index < -0.39 is 0 Å². The molecule has 4 heteroatoms. The summed E-state index contributed by atoms with van der Waals surface area (Å²) in [6, 6.07) is 9.88. The molecule has 1 aromatic heterocycles. The van der Waals surface area contributed by atoms with Crippen LogP contribution in [-0.2, 0) is 4.74 Å². The minimum absolute atomic E-state index is 0.639. The van der Waals surface area contributed by atoms with Crippen molar-refractivity contribution in [2.75, 3.05) is 32.9 Å². The highest BCUT2D eigenvalue weighted by Gasteiger charge is 2.01. The van der Waals surface area contributed by atoms with Gasteiger partial charge in [-0.3, -0.25) is 4.98 Å². The predicted octanol–water partition coefficient (Wildman–Crippen LogP) is 2.24. The fourth-order valence-corrected chi connectivity index (χ4v) is 1.85. The largest absolute Gasteiger partial charge is 0.492 e. The first-order valence-corrected chi connectivity index (χ1v) is 6.67. The summed E-state index contributed by atoms with van der Waals surface area (Å²) in [6.07, 6.45) is 1.79. The fourth-order valence-electron chi connectivity index (χ4n) is 1.85. The molecule has 102 valence electrons. The first-order chi connectivity index (χ1) is 9.42. The molecule has 1 N–H and O–H groups in total. The van der Waals surface area contributed by atoms with Crippen molar-refractivity contribution < 1.29 is 9.47 Å². The molecular formula is C15H20N2O2. The van der Waals surface area contributed by atoms with Gasteiger partial charge in [-0.25, -0.2) is 0 Å². The molecule has 0 atom stereocenters. The molecule has 0 saturated carbocycles. The monoisotopic (exact) mass is 260 g/mol. The van der Waals surface area contributed by atoms with Crippen molar-refractivity contribution in [2.45, 2.75) is 6.92 Å². The lowest BCUT2D eigenvalue weighted by atomic mass is 10.2. The topological polar surface area (TPSA) is 43.4 Å². The Morgan fingerprint density at radius 1 is 1.11 bits per heavy atom. The van der Waals surface area contributed by atoms with Gasteiger partial charge in [0, 0.05) is 31.3 Å². The van der Waals surface area contributed by atoms with E-state index in [1.54, 1.807) is 6.20 Å². The minimum Gasteiger partial charge on any atom is -0.492 e. The summed E-state index contributed by atoms with van der Waals surface area (Å²) in [5.74, 6) is 0.886. The maximum Gasteiger partial charge on any atom is 0.128 e. The lowest BCUT2D eigenvalue weighted by Gasteiger charge is -2.09. The number of hydrogen-bond donors (Lipinski definition) is 1. The second kappa shape index (κ2) is 7.71. The summed E-state index contributed by atoms with van der Waals surface area (Å²) in [4.78, 5) is 4.31. The van der Waals surface area contributed by atoms with Crippen LogP contribution < -0.4 is 10.1 Å². The van der Waals surface area contributed by atoms with E-state index in [0.29, 0.717) is 6.61 Å². The molecule has 0 radical (unpaired) electrons. The molecule has 0 unspecified atom stereocenters. The van der Waals surface area contributed by atoms with Crippen molar-refractivity contribution in [3.05, 3.63) is 36.5 Å². The Labute approximate surface area is 113 Å². The fraction of sp³-hybridized carbons (Fsp3) is 0.400. The van der Waals surface area contributed by atoms with Crippen LogP contribution >= 0.6 is 0 Å². The van der Waals surface area contributed by atoms with Gasteiger partial charge in [0.05, 0.1) is 12.1 Å². The molecule has 1 aromatic carbocycles. The zero-order valence-corrected chi connectivity index (χ0v) is 11.3. The molecule has 0 aliphatic rings. The number of nitrogens with zero attached hydrogens (tertiary/aromatic N) is 1. The zero-order valence-electron chi connectivity index (χ0n) is 11.3. The van der Waals surface area contributed by atoms with Gasteiger partial charge in [-0.15, -0.1) is 0 Å². The van der Waals surface area contributed by atoms with E-state index in [1.165, 1.54) is 0 Å². The average Bonchev–Trinajstić information content (AvgIpc) is 2.46. The van der Waals surface area contributed by atoms with E-state index in [4.69, 9.17) is 9.47 Å². The first kappa shape index (κ1) is 13.8. The maximum absolute atomic E-state index is 5.78. The lowest BCUT2D eigenvalue weighted by molar-refractivity contribution is 0.148. The Morgan fingerprint density at radius 2 is 2.00 bits per heavy atom. The molecule has 0 fully saturated rings. The van der Waals surface area contributed by atoms with Crippen molar-refractivity contribution in [1.29, 1.82) is 0 Å². The van der Waals surface area contributed by atoms with Crippen LogP contribution in [0.2, 0.25) is 0 Å². The number of pyridine rings is 1. The van der Waals surface area contributed by atoms with Crippen molar-refractivity contribution in [2.24, 2.45) is 0 Å². The van der Waals surface area contributed by atoms with Crippen LogP contribution in [0.1, 0.15) is 6.92 Å². The third kappa shape index (κ3) is 4.19. The first-order valence-electron chi connectivity index (χ1n) is 6.67. The van der Waals surface area contributed by atoms with Gasteiger partial charge in [0.25, 0.3) is 0 Å². The Balaban J connectivity index is 1.78. The molecule has 4 nitrogen and oxygen atoms in total. The van der Waals surface area contributed by atoms with Crippen LogP contribution in [0, 0.1) is 0 Å². The second-order valence-corrected chi connectivity index (χ2v) is 4.12. The molecule has 19 heavy (non-hydrogen) atoms. The molecule has 0 bridgehead atoms. The van der Waals surface area contributed by atoms with Gasteiger partial charge in [0.15, 0.2) is 0 Å². The molecule has 0 spiro atoms. The second-order valence-electron chi connectivity index (χ2n) is 4.12. The normalized spacial score (nSPS) is 10.8. The van der Waals surface area contributed by atoms with E-state index in [1.807, 2.05) is 37.3 Å². The number of hydrogen-bond acceptors (Lipinski definition) is 4. The highest BCUT2D eigenvalue weighted by molar-refractivity contribution is 5.84. The Kier molecular flexibility index (Phi) is 5.59. The average molecular weight is 260 g/mol. The third-order valence-electron chi connectivity index (χ3n) is 2.77. The van der Waals surface area contributed by atoms with E-state index in [-0.39, 0.29) is 0 Å². The van der Waals surface area contributed by atoms with E-state index in [9.17, 15) is 0 Å². The number of benzene rings is 1. The summed E-state index contributed by atoms with van der Waals surface area (Å²) in [6.45, 7) is 5.81. The molecule has 0 aliphatic carbocycles. The predicted molar refractivity (Wildman–Crippen MR) is 76.6 cm³/mol. The molecule has 2 rings (SSSR count). The van der Waals surface area contributed by atoms with Gasteiger partial charge in [-0.05, 0) is 31.2 Å². The van der Waals surface area contributed by atoms with Gasteiger partial charge in [0.2, 0.25) is 0 Å².